The molecule has 0 bridgehead atoms. The van der Waals surface area contributed by atoms with Gasteiger partial charge in [0.2, 0.25) is 5.91 Å². The van der Waals surface area contributed by atoms with Crippen LogP contribution in [0.3, 0.4) is 0 Å². The number of rotatable bonds is 3. The highest BCUT2D eigenvalue weighted by molar-refractivity contribution is 5.85. The van der Waals surface area contributed by atoms with Crippen LogP contribution in [-0.2, 0) is 11.2 Å². The van der Waals surface area contributed by atoms with Gasteiger partial charge in [-0.1, -0.05) is 12.1 Å². The van der Waals surface area contributed by atoms with Gasteiger partial charge in [0.05, 0.1) is 12.1 Å². The largest absolute Gasteiger partial charge is 0.337 e. The lowest BCUT2D eigenvalue weighted by Gasteiger charge is -2.34. The Morgan fingerprint density at radius 1 is 1.36 bits per heavy atom. The van der Waals surface area contributed by atoms with E-state index in [1.54, 1.807) is 6.20 Å². The first-order chi connectivity index (χ1) is 10.2. The molecule has 1 aromatic heterocycles. The molecule has 1 aromatic carbocycles. The van der Waals surface area contributed by atoms with Gasteiger partial charge in [-0.05, 0) is 30.7 Å². The van der Waals surface area contributed by atoms with Crippen LogP contribution in [0.15, 0.2) is 42.7 Å². The summed E-state index contributed by atoms with van der Waals surface area (Å²) in [5.74, 6) is 0.204. The predicted octanol–water partition coefficient (Wildman–Crippen LogP) is 1.66. The highest BCUT2D eigenvalue weighted by atomic mass is 35.5. The molecule has 22 heavy (non-hydrogen) atoms. The average molecular weight is 321 g/mol. The Kier molecular flexibility index (Phi) is 5.57. The third kappa shape index (κ3) is 3.67. The minimum absolute atomic E-state index is 0. The summed E-state index contributed by atoms with van der Waals surface area (Å²) in [6.45, 7) is 4.65. The van der Waals surface area contributed by atoms with Crippen molar-refractivity contribution in [3.05, 3.63) is 48.3 Å². The van der Waals surface area contributed by atoms with Gasteiger partial charge in [0.1, 0.15) is 0 Å². The maximum atomic E-state index is 12.4. The van der Waals surface area contributed by atoms with Gasteiger partial charge in [-0.3, -0.25) is 4.79 Å². The second-order valence-electron chi connectivity index (χ2n) is 5.43. The van der Waals surface area contributed by atoms with Gasteiger partial charge in [0.25, 0.3) is 0 Å². The van der Waals surface area contributed by atoms with Gasteiger partial charge >= 0.3 is 0 Å². The van der Waals surface area contributed by atoms with Crippen LogP contribution in [0.1, 0.15) is 12.5 Å². The number of piperazine rings is 1. The first-order valence-corrected chi connectivity index (χ1v) is 7.33. The summed E-state index contributed by atoms with van der Waals surface area (Å²) >= 11 is 0. The number of nitrogens with one attached hydrogen (secondary N) is 1. The lowest BCUT2D eigenvalue weighted by Crippen LogP contribution is -2.52. The lowest BCUT2D eigenvalue weighted by molar-refractivity contribution is -0.133. The maximum absolute atomic E-state index is 12.4. The monoisotopic (exact) mass is 320 g/mol. The number of carbonyl (C=O) groups is 1. The van der Waals surface area contributed by atoms with E-state index < -0.39 is 0 Å². The van der Waals surface area contributed by atoms with Crippen molar-refractivity contribution in [2.75, 3.05) is 19.6 Å². The van der Waals surface area contributed by atoms with Crippen LogP contribution < -0.4 is 5.32 Å². The van der Waals surface area contributed by atoms with Crippen molar-refractivity contribution in [1.82, 2.24) is 20.0 Å². The number of hydrogen-bond donors (Lipinski definition) is 1. The SMILES string of the molecule is CC1CNCCN1C(=O)Cc1ccc(-n2cccn2)cc1.Cl. The molecule has 5 nitrogen and oxygen atoms in total. The van der Waals surface area contributed by atoms with E-state index in [9.17, 15) is 4.79 Å². The lowest BCUT2D eigenvalue weighted by atomic mass is 10.1. The molecule has 118 valence electrons. The van der Waals surface area contributed by atoms with Crippen molar-refractivity contribution >= 4 is 18.3 Å². The van der Waals surface area contributed by atoms with Gasteiger partial charge in [0.15, 0.2) is 0 Å². The van der Waals surface area contributed by atoms with E-state index in [1.165, 1.54) is 0 Å². The molecule has 1 atom stereocenters. The quantitative estimate of drug-likeness (QED) is 0.935. The van der Waals surface area contributed by atoms with Crippen LogP contribution in [-0.4, -0.2) is 46.3 Å². The highest BCUT2D eigenvalue weighted by Crippen LogP contribution is 2.11. The smallest absolute Gasteiger partial charge is 0.227 e. The molecule has 1 saturated heterocycles. The van der Waals surface area contributed by atoms with Crippen LogP contribution >= 0.6 is 12.4 Å². The van der Waals surface area contributed by atoms with Crippen molar-refractivity contribution in [3.8, 4) is 5.69 Å². The van der Waals surface area contributed by atoms with E-state index in [2.05, 4.69) is 17.3 Å². The summed E-state index contributed by atoms with van der Waals surface area (Å²) in [5.41, 5.74) is 2.05. The fourth-order valence-electron chi connectivity index (χ4n) is 2.68. The van der Waals surface area contributed by atoms with Gasteiger partial charge in [-0.15, -0.1) is 12.4 Å². The van der Waals surface area contributed by atoms with E-state index in [4.69, 9.17) is 0 Å². The van der Waals surface area contributed by atoms with E-state index in [0.29, 0.717) is 6.42 Å². The number of hydrogen-bond acceptors (Lipinski definition) is 3. The summed E-state index contributed by atoms with van der Waals surface area (Å²) in [6, 6.07) is 10.2. The highest BCUT2D eigenvalue weighted by Gasteiger charge is 2.22. The Hall–Kier alpha value is -1.85. The molecule has 1 amide bonds. The zero-order valence-corrected chi connectivity index (χ0v) is 13.4. The minimum atomic E-state index is 0. The van der Waals surface area contributed by atoms with Gasteiger partial charge in [0, 0.05) is 38.1 Å². The first-order valence-electron chi connectivity index (χ1n) is 7.33. The topological polar surface area (TPSA) is 50.2 Å². The molecule has 2 heterocycles. The third-order valence-electron chi connectivity index (χ3n) is 3.88. The minimum Gasteiger partial charge on any atom is -0.337 e. The molecule has 0 saturated carbocycles. The van der Waals surface area contributed by atoms with Gasteiger partial charge in [-0.2, -0.15) is 5.10 Å². The van der Waals surface area contributed by atoms with Crippen molar-refractivity contribution in [1.29, 1.82) is 0 Å². The second kappa shape index (κ2) is 7.42. The van der Waals surface area contributed by atoms with Crippen molar-refractivity contribution in [2.24, 2.45) is 0 Å². The van der Waals surface area contributed by atoms with Crippen LogP contribution in [0.25, 0.3) is 5.69 Å². The Morgan fingerprint density at radius 2 is 2.14 bits per heavy atom. The Labute approximate surface area is 136 Å². The number of amides is 1. The Morgan fingerprint density at radius 3 is 2.77 bits per heavy atom. The molecule has 0 radical (unpaired) electrons. The molecule has 1 unspecified atom stereocenters. The first kappa shape index (κ1) is 16.5. The summed E-state index contributed by atoms with van der Waals surface area (Å²) in [6.07, 6.45) is 4.12. The molecule has 0 spiro atoms. The fourth-order valence-corrected chi connectivity index (χ4v) is 2.68. The van der Waals surface area contributed by atoms with E-state index in [-0.39, 0.29) is 24.4 Å². The van der Waals surface area contributed by atoms with Gasteiger partial charge in [-0.25, -0.2) is 4.68 Å². The number of halogens is 1. The molecule has 0 aliphatic carbocycles. The molecule has 1 N–H and O–H groups in total. The van der Waals surface area contributed by atoms with E-state index >= 15 is 0 Å². The third-order valence-corrected chi connectivity index (χ3v) is 3.88. The Bertz CT molecular complexity index is 597. The second-order valence-corrected chi connectivity index (χ2v) is 5.43. The van der Waals surface area contributed by atoms with Crippen LogP contribution in [0.2, 0.25) is 0 Å². The van der Waals surface area contributed by atoms with Crippen LogP contribution in [0, 0.1) is 0 Å². The summed E-state index contributed by atoms with van der Waals surface area (Å²) in [5, 5.41) is 7.50. The fraction of sp³-hybridized carbons (Fsp3) is 0.375. The van der Waals surface area contributed by atoms with E-state index in [1.807, 2.05) is 46.1 Å². The Balaban J connectivity index is 0.00000176. The molecule has 2 aromatic rings. The molecular weight excluding hydrogens is 300 g/mol. The molecule has 1 fully saturated rings. The van der Waals surface area contributed by atoms with Crippen LogP contribution in [0.5, 0.6) is 0 Å². The summed E-state index contributed by atoms with van der Waals surface area (Å²) < 4.78 is 1.81. The normalized spacial score (nSPS) is 17.9. The summed E-state index contributed by atoms with van der Waals surface area (Å²) in [4.78, 5) is 14.3. The number of nitrogens with zero attached hydrogens (tertiary/aromatic N) is 3. The average Bonchev–Trinajstić information content (AvgIpc) is 3.02. The molecule has 1 aliphatic rings. The molecule has 3 rings (SSSR count). The van der Waals surface area contributed by atoms with Crippen molar-refractivity contribution in [2.45, 2.75) is 19.4 Å². The standard InChI is InChI=1S/C16H20N4O.ClH/c1-13-12-17-8-10-19(13)16(21)11-14-3-5-15(6-4-14)20-9-2-7-18-20;/h2-7,9,13,17H,8,10-12H2,1H3;1H. The molecule has 1 aliphatic heterocycles. The van der Waals surface area contributed by atoms with E-state index in [0.717, 1.165) is 30.9 Å². The van der Waals surface area contributed by atoms with Crippen molar-refractivity contribution in [3.63, 3.8) is 0 Å². The number of aromatic nitrogens is 2. The number of benzene rings is 1. The predicted molar refractivity (Wildman–Crippen MR) is 88.6 cm³/mol. The maximum Gasteiger partial charge on any atom is 0.227 e. The van der Waals surface area contributed by atoms with Gasteiger partial charge < -0.3 is 10.2 Å². The van der Waals surface area contributed by atoms with Crippen molar-refractivity contribution < 1.29 is 4.79 Å². The molecule has 6 heteroatoms. The molecular formula is C16H21ClN4O. The number of carbonyl (C=O) groups excluding carboxylic acids is 1. The summed E-state index contributed by atoms with van der Waals surface area (Å²) in [7, 11) is 0. The zero-order chi connectivity index (χ0) is 14.7. The van der Waals surface area contributed by atoms with Crippen LogP contribution in [0.4, 0.5) is 0 Å². The zero-order valence-electron chi connectivity index (χ0n) is 12.6.